The summed E-state index contributed by atoms with van der Waals surface area (Å²) in [4.78, 5) is 28.6. The van der Waals surface area contributed by atoms with Crippen molar-refractivity contribution in [1.82, 2.24) is 19.3 Å². The van der Waals surface area contributed by atoms with Crippen LogP contribution in [0.5, 0.6) is 0 Å². The molecule has 0 spiro atoms. The fourth-order valence-corrected chi connectivity index (χ4v) is 2.42. The second-order valence-electron chi connectivity index (χ2n) is 5.27. The van der Waals surface area contributed by atoms with Gasteiger partial charge in [-0.25, -0.2) is 4.98 Å². The third-order valence-corrected chi connectivity index (χ3v) is 3.63. The molecule has 0 bridgehead atoms. The van der Waals surface area contributed by atoms with Gasteiger partial charge in [-0.2, -0.15) is 5.10 Å². The minimum absolute atomic E-state index is 0.250. The Morgan fingerprint density at radius 3 is 2.71 bits per heavy atom. The predicted molar refractivity (Wildman–Crippen MR) is 90.7 cm³/mol. The topological polar surface area (TPSA) is 81.8 Å². The van der Waals surface area contributed by atoms with E-state index in [-0.39, 0.29) is 11.5 Å². The third-order valence-electron chi connectivity index (χ3n) is 3.42. The number of carbonyl (C=O) groups is 1. The number of halogens is 1. The molecule has 1 amide bonds. The van der Waals surface area contributed by atoms with E-state index in [4.69, 9.17) is 11.6 Å². The molecule has 0 saturated heterocycles. The third kappa shape index (κ3) is 3.21. The molecule has 3 aromatic rings. The zero-order chi connectivity index (χ0) is 17.3. The molecule has 3 heterocycles. The van der Waals surface area contributed by atoms with Crippen molar-refractivity contribution in [2.75, 3.05) is 5.32 Å². The fraction of sp³-hybridized carbons (Fsp3) is 0.125. The number of nitrogens with one attached hydrogen (secondary N) is 1. The first kappa shape index (κ1) is 15.9. The quantitative estimate of drug-likeness (QED) is 0.790. The minimum Gasteiger partial charge on any atom is -0.306 e. The molecule has 0 aromatic carbocycles. The lowest BCUT2D eigenvalue weighted by molar-refractivity contribution is 0.102. The van der Waals surface area contributed by atoms with Gasteiger partial charge in [0, 0.05) is 31.7 Å². The highest BCUT2D eigenvalue weighted by Gasteiger charge is 2.12. The molecule has 3 rings (SSSR count). The Morgan fingerprint density at radius 1 is 1.25 bits per heavy atom. The van der Waals surface area contributed by atoms with Gasteiger partial charge in [0.25, 0.3) is 11.5 Å². The van der Waals surface area contributed by atoms with Gasteiger partial charge >= 0.3 is 0 Å². The number of carbonyl (C=O) groups excluding carboxylic acids is 1. The number of hydrogen-bond acceptors (Lipinski definition) is 4. The fourth-order valence-electron chi connectivity index (χ4n) is 2.21. The average Bonchev–Trinajstić information content (AvgIpc) is 2.96. The number of aryl methyl sites for hydroxylation is 2. The van der Waals surface area contributed by atoms with Crippen molar-refractivity contribution >= 4 is 23.3 Å². The van der Waals surface area contributed by atoms with Crippen LogP contribution in [0, 0.1) is 6.92 Å². The Morgan fingerprint density at radius 2 is 2.04 bits per heavy atom. The Kier molecular flexibility index (Phi) is 4.18. The SMILES string of the molecule is Cc1cc(Cl)cnc1NC(=O)c1ccc(=O)n(-c2cnn(C)c2)c1. The zero-order valence-corrected chi connectivity index (χ0v) is 13.8. The highest BCUT2D eigenvalue weighted by molar-refractivity contribution is 6.30. The molecule has 0 saturated carbocycles. The van der Waals surface area contributed by atoms with Crippen LogP contribution in [0.3, 0.4) is 0 Å². The van der Waals surface area contributed by atoms with Crippen LogP contribution < -0.4 is 10.9 Å². The first-order chi connectivity index (χ1) is 11.4. The summed E-state index contributed by atoms with van der Waals surface area (Å²) in [5, 5.41) is 7.24. The van der Waals surface area contributed by atoms with Crippen LogP contribution in [0.1, 0.15) is 15.9 Å². The minimum atomic E-state index is -0.370. The summed E-state index contributed by atoms with van der Waals surface area (Å²) in [7, 11) is 1.75. The van der Waals surface area contributed by atoms with Crippen LogP contribution in [0.2, 0.25) is 5.02 Å². The van der Waals surface area contributed by atoms with Crippen LogP contribution in [0.15, 0.2) is 47.8 Å². The number of nitrogens with zero attached hydrogens (tertiary/aromatic N) is 4. The molecule has 0 radical (unpaired) electrons. The second kappa shape index (κ2) is 6.29. The number of aromatic nitrogens is 4. The molecule has 3 aromatic heterocycles. The van der Waals surface area contributed by atoms with Crippen LogP contribution >= 0.6 is 11.6 Å². The summed E-state index contributed by atoms with van der Waals surface area (Å²) >= 11 is 5.86. The van der Waals surface area contributed by atoms with Crippen LogP contribution in [-0.4, -0.2) is 25.2 Å². The van der Waals surface area contributed by atoms with Gasteiger partial charge in [0.2, 0.25) is 0 Å². The van der Waals surface area contributed by atoms with Crippen LogP contribution in [0.4, 0.5) is 5.82 Å². The van der Waals surface area contributed by atoms with E-state index < -0.39 is 0 Å². The van der Waals surface area contributed by atoms with Gasteiger partial charge in [-0.3, -0.25) is 18.8 Å². The number of amides is 1. The molecule has 7 nitrogen and oxygen atoms in total. The van der Waals surface area contributed by atoms with Crippen molar-refractivity contribution < 1.29 is 4.79 Å². The lowest BCUT2D eigenvalue weighted by atomic mass is 10.2. The Hall–Kier alpha value is -2.93. The van der Waals surface area contributed by atoms with E-state index in [0.717, 1.165) is 5.56 Å². The van der Waals surface area contributed by atoms with Crippen molar-refractivity contribution in [1.29, 1.82) is 0 Å². The molecular formula is C16H14ClN5O2. The normalized spacial score (nSPS) is 10.6. The van der Waals surface area contributed by atoms with E-state index in [2.05, 4.69) is 15.4 Å². The Bertz CT molecular complexity index is 977. The molecule has 1 N–H and O–H groups in total. The molecule has 24 heavy (non-hydrogen) atoms. The van der Waals surface area contributed by atoms with Gasteiger partial charge in [0.05, 0.1) is 22.5 Å². The molecule has 0 aliphatic rings. The van der Waals surface area contributed by atoms with Crippen LogP contribution in [0.25, 0.3) is 5.69 Å². The number of rotatable bonds is 3. The summed E-state index contributed by atoms with van der Waals surface area (Å²) < 4.78 is 2.94. The lowest BCUT2D eigenvalue weighted by Crippen LogP contribution is -2.21. The highest BCUT2D eigenvalue weighted by atomic mass is 35.5. The molecule has 0 aliphatic carbocycles. The number of anilines is 1. The van der Waals surface area contributed by atoms with Gasteiger partial charge in [-0.05, 0) is 24.6 Å². The highest BCUT2D eigenvalue weighted by Crippen LogP contribution is 2.17. The lowest BCUT2D eigenvalue weighted by Gasteiger charge is -2.09. The van der Waals surface area contributed by atoms with E-state index in [0.29, 0.717) is 22.1 Å². The van der Waals surface area contributed by atoms with Gasteiger partial charge in [0.1, 0.15) is 5.82 Å². The summed E-state index contributed by atoms with van der Waals surface area (Å²) in [6.07, 6.45) is 6.17. The van der Waals surface area contributed by atoms with Gasteiger partial charge in [-0.15, -0.1) is 0 Å². The van der Waals surface area contributed by atoms with E-state index in [1.165, 1.54) is 29.1 Å². The summed E-state index contributed by atoms with van der Waals surface area (Å²) in [6, 6.07) is 4.51. The molecular weight excluding hydrogens is 330 g/mol. The number of hydrogen-bond donors (Lipinski definition) is 1. The molecule has 0 aliphatic heterocycles. The molecule has 8 heteroatoms. The van der Waals surface area contributed by atoms with E-state index >= 15 is 0 Å². The Balaban J connectivity index is 1.92. The molecule has 0 unspecified atom stereocenters. The van der Waals surface area contributed by atoms with Gasteiger partial charge in [-0.1, -0.05) is 11.6 Å². The maximum Gasteiger partial charge on any atom is 0.258 e. The first-order valence-corrected chi connectivity index (χ1v) is 7.47. The van der Waals surface area contributed by atoms with Crippen molar-refractivity contribution in [3.63, 3.8) is 0 Å². The predicted octanol–water partition coefficient (Wildman–Crippen LogP) is 2.18. The van der Waals surface area contributed by atoms with Crippen LogP contribution in [-0.2, 0) is 7.05 Å². The number of pyridine rings is 2. The summed E-state index contributed by atoms with van der Waals surface area (Å²) in [5.74, 6) is 0.0501. The largest absolute Gasteiger partial charge is 0.306 e. The zero-order valence-electron chi connectivity index (χ0n) is 13.0. The molecule has 0 fully saturated rings. The van der Waals surface area contributed by atoms with Crippen molar-refractivity contribution in [3.05, 3.63) is 69.5 Å². The average molecular weight is 344 g/mol. The van der Waals surface area contributed by atoms with Gasteiger partial charge < -0.3 is 5.32 Å². The standard InChI is InChI=1S/C16H14ClN5O2/c1-10-5-12(17)6-18-15(10)20-16(24)11-3-4-14(23)22(8-11)13-7-19-21(2)9-13/h3-9H,1-2H3,(H,18,20,24). The van der Waals surface area contributed by atoms with Gasteiger partial charge in [0.15, 0.2) is 0 Å². The van der Waals surface area contributed by atoms with E-state index in [1.807, 2.05) is 0 Å². The maximum atomic E-state index is 12.4. The molecule has 0 atom stereocenters. The first-order valence-electron chi connectivity index (χ1n) is 7.09. The van der Waals surface area contributed by atoms with E-state index in [1.54, 1.807) is 37.1 Å². The maximum absolute atomic E-state index is 12.4. The second-order valence-corrected chi connectivity index (χ2v) is 5.71. The Labute approximate surface area is 142 Å². The smallest absolute Gasteiger partial charge is 0.258 e. The van der Waals surface area contributed by atoms with Crippen molar-refractivity contribution in [2.45, 2.75) is 6.92 Å². The summed E-state index contributed by atoms with van der Waals surface area (Å²) in [5.41, 5.74) is 1.41. The van der Waals surface area contributed by atoms with E-state index in [9.17, 15) is 9.59 Å². The monoisotopic (exact) mass is 343 g/mol. The summed E-state index contributed by atoms with van der Waals surface area (Å²) in [6.45, 7) is 1.80. The van der Waals surface area contributed by atoms with Crippen molar-refractivity contribution in [3.8, 4) is 5.69 Å². The van der Waals surface area contributed by atoms with Crippen molar-refractivity contribution in [2.24, 2.45) is 7.05 Å². The molecule has 122 valence electrons.